The summed E-state index contributed by atoms with van der Waals surface area (Å²) >= 11 is 3.13. The molecule has 2 aromatic carbocycles. The number of methoxy groups -OCH3 is 1. The van der Waals surface area contributed by atoms with E-state index in [1.165, 1.54) is 49.6 Å². The monoisotopic (exact) mass is 382 g/mol. The van der Waals surface area contributed by atoms with Crippen LogP contribution in [0.15, 0.2) is 46.9 Å². The van der Waals surface area contributed by atoms with Gasteiger partial charge in [-0.1, -0.05) is 0 Å². The van der Waals surface area contributed by atoms with Gasteiger partial charge in [0.2, 0.25) is 0 Å². The first-order chi connectivity index (χ1) is 11.0. The number of halogens is 2. The van der Waals surface area contributed by atoms with Gasteiger partial charge >= 0.3 is 11.9 Å². The summed E-state index contributed by atoms with van der Waals surface area (Å²) in [6.07, 6.45) is 0. The molecule has 0 atom stereocenters. The lowest BCUT2D eigenvalue weighted by Gasteiger charge is -2.08. The Kier molecular flexibility index (Phi) is 5.70. The van der Waals surface area contributed by atoms with Crippen LogP contribution in [0.3, 0.4) is 0 Å². The fourth-order valence-electron chi connectivity index (χ4n) is 1.67. The molecule has 0 fully saturated rings. The van der Waals surface area contributed by atoms with Gasteiger partial charge in [0.05, 0.1) is 17.1 Å². The van der Waals surface area contributed by atoms with Crippen molar-refractivity contribution in [2.24, 2.45) is 0 Å². The lowest BCUT2D eigenvalue weighted by Crippen LogP contribution is -2.18. The van der Waals surface area contributed by atoms with Crippen LogP contribution in [-0.2, 0) is 9.53 Å². The molecule has 0 spiro atoms. The topological polar surface area (TPSA) is 61.8 Å². The minimum atomic E-state index is -0.632. The van der Waals surface area contributed by atoms with Crippen molar-refractivity contribution >= 4 is 27.9 Å². The van der Waals surface area contributed by atoms with E-state index in [-0.39, 0.29) is 12.4 Å². The molecule has 0 unspecified atom stereocenters. The molecule has 2 rings (SSSR count). The van der Waals surface area contributed by atoms with Crippen LogP contribution in [0, 0.1) is 5.82 Å². The van der Waals surface area contributed by atoms with Crippen molar-refractivity contribution in [3.8, 4) is 11.5 Å². The number of benzene rings is 2. The molecular formula is C16H12BrFO5. The van der Waals surface area contributed by atoms with Gasteiger partial charge in [0.1, 0.15) is 17.3 Å². The highest BCUT2D eigenvalue weighted by atomic mass is 79.9. The Labute approximate surface area is 140 Å². The summed E-state index contributed by atoms with van der Waals surface area (Å²) < 4.78 is 28.2. The maximum Gasteiger partial charge on any atom is 0.349 e. The van der Waals surface area contributed by atoms with Crippen LogP contribution in [-0.4, -0.2) is 25.7 Å². The summed E-state index contributed by atoms with van der Waals surface area (Å²) in [5.41, 5.74) is 0.346. The van der Waals surface area contributed by atoms with Crippen molar-refractivity contribution in [3.05, 3.63) is 58.3 Å². The average Bonchev–Trinajstić information content (AvgIpc) is 2.54. The zero-order chi connectivity index (χ0) is 16.8. The van der Waals surface area contributed by atoms with E-state index < -0.39 is 17.8 Å². The summed E-state index contributed by atoms with van der Waals surface area (Å²) in [5.74, 6) is -0.939. The number of carbonyl (C=O) groups excluding carboxylic acids is 2. The molecule has 120 valence electrons. The Bertz CT molecular complexity index is 715. The summed E-state index contributed by atoms with van der Waals surface area (Å²) in [6, 6.07) is 9.74. The molecule has 2 aromatic rings. The Hall–Kier alpha value is -2.41. The molecular weight excluding hydrogens is 371 g/mol. The molecule has 0 N–H and O–H groups in total. The van der Waals surface area contributed by atoms with E-state index >= 15 is 0 Å². The fraction of sp³-hybridized carbons (Fsp3) is 0.125. The molecule has 0 aromatic heterocycles. The number of ether oxygens (including phenoxy) is 3. The van der Waals surface area contributed by atoms with Gasteiger partial charge in [-0.15, -0.1) is 0 Å². The van der Waals surface area contributed by atoms with Gasteiger partial charge in [-0.05, 0) is 58.4 Å². The standard InChI is InChI=1S/C16H12BrFO5/c1-21-16(20)10-2-5-12(6-3-10)23-15(19)9-22-14-7-4-11(18)8-13(14)17/h2-8H,9H2,1H3. The van der Waals surface area contributed by atoms with Crippen LogP contribution in [0.2, 0.25) is 0 Å². The molecule has 0 amide bonds. The average molecular weight is 383 g/mol. The first-order valence-electron chi connectivity index (χ1n) is 6.46. The highest BCUT2D eigenvalue weighted by Crippen LogP contribution is 2.25. The van der Waals surface area contributed by atoms with Crippen molar-refractivity contribution in [1.29, 1.82) is 0 Å². The van der Waals surface area contributed by atoms with E-state index in [1.54, 1.807) is 0 Å². The smallest absolute Gasteiger partial charge is 0.349 e. The van der Waals surface area contributed by atoms with Gasteiger partial charge in [-0.25, -0.2) is 14.0 Å². The van der Waals surface area contributed by atoms with Gasteiger partial charge < -0.3 is 14.2 Å². The van der Waals surface area contributed by atoms with Gasteiger partial charge in [-0.2, -0.15) is 0 Å². The maximum absolute atomic E-state index is 12.9. The van der Waals surface area contributed by atoms with Crippen molar-refractivity contribution in [2.75, 3.05) is 13.7 Å². The third kappa shape index (κ3) is 4.79. The van der Waals surface area contributed by atoms with Crippen LogP contribution in [0.1, 0.15) is 10.4 Å². The van der Waals surface area contributed by atoms with Gasteiger partial charge in [0.15, 0.2) is 6.61 Å². The Morgan fingerprint density at radius 3 is 2.43 bits per heavy atom. The van der Waals surface area contributed by atoms with Crippen LogP contribution >= 0.6 is 15.9 Å². The molecule has 0 bridgehead atoms. The van der Waals surface area contributed by atoms with E-state index in [4.69, 9.17) is 9.47 Å². The Morgan fingerprint density at radius 2 is 1.83 bits per heavy atom. The molecule has 0 aliphatic heterocycles. The minimum absolute atomic E-state index is 0.268. The normalized spacial score (nSPS) is 10.0. The van der Waals surface area contributed by atoms with E-state index in [1.807, 2.05) is 0 Å². The van der Waals surface area contributed by atoms with E-state index in [0.29, 0.717) is 15.8 Å². The lowest BCUT2D eigenvalue weighted by molar-refractivity contribution is -0.136. The van der Waals surface area contributed by atoms with Crippen molar-refractivity contribution in [1.82, 2.24) is 0 Å². The molecule has 5 nitrogen and oxygen atoms in total. The molecule has 7 heteroatoms. The molecule has 0 saturated heterocycles. The number of hydrogen-bond acceptors (Lipinski definition) is 5. The highest BCUT2D eigenvalue weighted by Gasteiger charge is 2.10. The first-order valence-corrected chi connectivity index (χ1v) is 7.26. The van der Waals surface area contributed by atoms with Gasteiger partial charge in [0.25, 0.3) is 0 Å². The Balaban J connectivity index is 1.90. The molecule has 0 heterocycles. The van der Waals surface area contributed by atoms with Crippen molar-refractivity contribution in [3.63, 3.8) is 0 Å². The predicted octanol–water partition coefficient (Wildman–Crippen LogP) is 3.36. The van der Waals surface area contributed by atoms with E-state index in [2.05, 4.69) is 20.7 Å². The van der Waals surface area contributed by atoms with E-state index in [0.717, 1.165) is 0 Å². The third-order valence-electron chi connectivity index (χ3n) is 2.75. The second-order valence-electron chi connectivity index (χ2n) is 4.35. The summed E-state index contributed by atoms with van der Waals surface area (Å²) in [5, 5.41) is 0. The summed E-state index contributed by atoms with van der Waals surface area (Å²) in [7, 11) is 1.28. The zero-order valence-corrected chi connectivity index (χ0v) is 13.6. The predicted molar refractivity (Wildman–Crippen MR) is 83.0 cm³/mol. The van der Waals surface area contributed by atoms with Crippen LogP contribution in [0.5, 0.6) is 11.5 Å². The summed E-state index contributed by atoms with van der Waals surface area (Å²) in [6.45, 7) is -0.344. The van der Waals surface area contributed by atoms with Crippen molar-refractivity contribution in [2.45, 2.75) is 0 Å². The fourth-order valence-corrected chi connectivity index (χ4v) is 2.13. The number of esters is 2. The lowest BCUT2D eigenvalue weighted by atomic mass is 10.2. The molecule has 0 radical (unpaired) electrons. The highest BCUT2D eigenvalue weighted by molar-refractivity contribution is 9.10. The van der Waals surface area contributed by atoms with Crippen LogP contribution < -0.4 is 9.47 Å². The maximum atomic E-state index is 12.9. The third-order valence-corrected chi connectivity index (χ3v) is 3.37. The zero-order valence-electron chi connectivity index (χ0n) is 12.0. The van der Waals surface area contributed by atoms with Crippen molar-refractivity contribution < 1.29 is 28.2 Å². The molecule has 23 heavy (non-hydrogen) atoms. The van der Waals surface area contributed by atoms with Crippen LogP contribution in [0.4, 0.5) is 4.39 Å². The Morgan fingerprint density at radius 1 is 1.13 bits per heavy atom. The van der Waals surface area contributed by atoms with Crippen LogP contribution in [0.25, 0.3) is 0 Å². The number of hydrogen-bond donors (Lipinski definition) is 0. The second-order valence-corrected chi connectivity index (χ2v) is 5.21. The number of carbonyl (C=O) groups is 2. The largest absolute Gasteiger partial charge is 0.481 e. The molecule has 0 aliphatic carbocycles. The van der Waals surface area contributed by atoms with Gasteiger partial charge in [-0.3, -0.25) is 0 Å². The second kappa shape index (κ2) is 7.73. The van der Waals surface area contributed by atoms with E-state index in [9.17, 15) is 14.0 Å². The summed E-state index contributed by atoms with van der Waals surface area (Å²) in [4.78, 5) is 23.0. The molecule has 0 aliphatic rings. The SMILES string of the molecule is COC(=O)c1ccc(OC(=O)COc2ccc(F)cc2Br)cc1. The first kappa shape index (κ1) is 17.0. The minimum Gasteiger partial charge on any atom is -0.481 e. The molecule has 0 saturated carbocycles. The quantitative estimate of drug-likeness (QED) is 0.586. The number of rotatable bonds is 5. The van der Waals surface area contributed by atoms with Gasteiger partial charge in [0, 0.05) is 0 Å².